The Morgan fingerprint density at radius 1 is 1.11 bits per heavy atom. The van der Waals surface area contributed by atoms with Gasteiger partial charge < -0.3 is 10.4 Å². The Morgan fingerprint density at radius 3 is 2.63 bits per heavy atom. The van der Waals surface area contributed by atoms with E-state index in [1.807, 2.05) is 24.3 Å². The fourth-order valence-electron chi connectivity index (χ4n) is 2.19. The number of rotatable bonds is 1. The zero-order valence-electron chi connectivity index (χ0n) is 10.3. The highest BCUT2D eigenvalue weighted by atomic mass is 16.3. The maximum atomic E-state index is 11.4. The van der Waals surface area contributed by atoms with Gasteiger partial charge >= 0.3 is 0 Å². The highest BCUT2D eigenvalue weighted by Gasteiger charge is 2.10. The number of amides is 1. The number of anilines is 1. The minimum Gasteiger partial charge on any atom is -0.508 e. The first-order valence-corrected chi connectivity index (χ1v) is 5.94. The van der Waals surface area contributed by atoms with Crippen molar-refractivity contribution in [1.82, 2.24) is 4.98 Å². The Hall–Kier alpha value is -2.62. The van der Waals surface area contributed by atoms with Crippen LogP contribution in [0.1, 0.15) is 6.92 Å². The van der Waals surface area contributed by atoms with E-state index < -0.39 is 0 Å². The first-order valence-electron chi connectivity index (χ1n) is 5.94. The van der Waals surface area contributed by atoms with E-state index in [1.54, 1.807) is 18.2 Å². The van der Waals surface area contributed by atoms with Crippen molar-refractivity contribution in [2.45, 2.75) is 6.92 Å². The van der Waals surface area contributed by atoms with Gasteiger partial charge in [-0.3, -0.25) is 4.79 Å². The van der Waals surface area contributed by atoms with E-state index in [0.717, 1.165) is 21.8 Å². The average molecular weight is 252 g/mol. The Bertz CT molecular complexity index is 797. The summed E-state index contributed by atoms with van der Waals surface area (Å²) in [6, 6.07) is 12.5. The number of phenols is 1. The Balaban J connectivity index is 2.46. The summed E-state index contributed by atoms with van der Waals surface area (Å²) in [6.07, 6.45) is 0. The summed E-state index contributed by atoms with van der Waals surface area (Å²) in [5.74, 6) is -0.00261. The molecule has 0 aliphatic carbocycles. The van der Waals surface area contributed by atoms with Crippen molar-refractivity contribution < 1.29 is 9.90 Å². The fourth-order valence-corrected chi connectivity index (χ4v) is 2.19. The van der Waals surface area contributed by atoms with E-state index >= 15 is 0 Å². The Labute approximate surface area is 109 Å². The summed E-state index contributed by atoms with van der Waals surface area (Å²) in [4.78, 5) is 15.9. The smallest absolute Gasteiger partial charge is 0.221 e. The van der Waals surface area contributed by atoms with Gasteiger partial charge in [-0.2, -0.15) is 0 Å². The zero-order valence-corrected chi connectivity index (χ0v) is 10.3. The standard InChI is InChI=1S/C15H12N2O2/c1-9(18)16-15-11-4-2-3-5-13(11)17-14-7-6-10(19)8-12(14)15/h2-8,19H,1H3,(H,16,17,18). The number of hydrogen-bond acceptors (Lipinski definition) is 3. The van der Waals surface area contributed by atoms with Crippen molar-refractivity contribution in [3.05, 3.63) is 42.5 Å². The number of hydrogen-bond donors (Lipinski definition) is 2. The maximum absolute atomic E-state index is 11.4. The summed E-state index contributed by atoms with van der Waals surface area (Å²) >= 11 is 0. The molecule has 0 bridgehead atoms. The lowest BCUT2D eigenvalue weighted by Gasteiger charge is -2.11. The molecule has 0 saturated carbocycles. The van der Waals surface area contributed by atoms with Gasteiger partial charge in [-0.15, -0.1) is 0 Å². The van der Waals surface area contributed by atoms with Gasteiger partial charge in [0.15, 0.2) is 0 Å². The number of carbonyl (C=O) groups excluding carboxylic acids is 1. The number of pyridine rings is 1. The molecular formula is C15H12N2O2. The first kappa shape index (κ1) is 11.5. The molecule has 3 aromatic rings. The van der Waals surface area contributed by atoms with Crippen LogP contribution < -0.4 is 5.32 Å². The van der Waals surface area contributed by atoms with Crippen LogP contribution in [0.2, 0.25) is 0 Å². The molecule has 19 heavy (non-hydrogen) atoms. The second-order valence-corrected chi connectivity index (χ2v) is 4.39. The van der Waals surface area contributed by atoms with Gasteiger partial charge in [0.25, 0.3) is 0 Å². The van der Waals surface area contributed by atoms with E-state index in [9.17, 15) is 9.90 Å². The SMILES string of the molecule is CC(=O)Nc1c2ccccc2nc2ccc(O)cc12. The van der Waals surface area contributed by atoms with E-state index in [0.29, 0.717) is 5.69 Å². The molecule has 0 aliphatic rings. The molecule has 4 heteroatoms. The van der Waals surface area contributed by atoms with Crippen LogP contribution in [0.25, 0.3) is 21.8 Å². The van der Waals surface area contributed by atoms with Crippen LogP contribution in [-0.4, -0.2) is 16.0 Å². The molecule has 1 amide bonds. The van der Waals surface area contributed by atoms with Gasteiger partial charge in [-0.25, -0.2) is 4.98 Å². The van der Waals surface area contributed by atoms with Crippen LogP contribution in [0.15, 0.2) is 42.5 Å². The van der Waals surface area contributed by atoms with E-state index in [1.165, 1.54) is 6.92 Å². The number of carbonyl (C=O) groups is 1. The lowest BCUT2D eigenvalue weighted by molar-refractivity contribution is -0.114. The summed E-state index contributed by atoms with van der Waals surface area (Å²) in [6.45, 7) is 1.46. The van der Waals surface area contributed by atoms with Crippen molar-refractivity contribution in [2.75, 3.05) is 5.32 Å². The van der Waals surface area contributed by atoms with Gasteiger partial charge in [0.05, 0.1) is 16.7 Å². The van der Waals surface area contributed by atoms with Crippen LogP contribution >= 0.6 is 0 Å². The first-order chi connectivity index (χ1) is 9.15. The van der Waals surface area contributed by atoms with Crippen LogP contribution in [0.4, 0.5) is 5.69 Å². The predicted molar refractivity (Wildman–Crippen MR) is 75.2 cm³/mol. The molecule has 2 N–H and O–H groups in total. The van der Waals surface area contributed by atoms with Crippen LogP contribution in [0.5, 0.6) is 5.75 Å². The third-order valence-electron chi connectivity index (χ3n) is 2.96. The van der Waals surface area contributed by atoms with Crippen molar-refractivity contribution in [1.29, 1.82) is 0 Å². The molecule has 0 unspecified atom stereocenters. The number of aromatic nitrogens is 1. The third-order valence-corrected chi connectivity index (χ3v) is 2.96. The number of nitrogens with one attached hydrogen (secondary N) is 1. The molecule has 0 fully saturated rings. The van der Waals surface area contributed by atoms with Crippen LogP contribution in [-0.2, 0) is 4.79 Å². The molecule has 1 aromatic heterocycles. The highest BCUT2D eigenvalue weighted by molar-refractivity contribution is 6.12. The van der Waals surface area contributed by atoms with Gasteiger partial charge in [-0.05, 0) is 24.3 Å². The van der Waals surface area contributed by atoms with E-state index in [4.69, 9.17) is 0 Å². The fraction of sp³-hybridized carbons (Fsp3) is 0.0667. The second kappa shape index (κ2) is 4.24. The van der Waals surface area contributed by atoms with Crippen LogP contribution in [0.3, 0.4) is 0 Å². The molecule has 1 heterocycles. The molecule has 94 valence electrons. The number of nitrogens with zero attached hydrogens (tertiary/aromatic N) is 1. The normalized spacial score (nSPS) is 10.8. The van der Waals surface area contributed by atoms with Gasteiger partial charge in [0.2, 0.25) is 5.91 Å². The molecule has 0 radical (unpaired) electrons. The van der Waals surface area contributed by atoms with Crippen LogP contribution in [0, 0.1) is 0 Å². The Kier molecular flexibility index (Phi) is 2.56. The van der Waals surface area contributed by atoms with E-state index in [-0.39, 0.29) is 11.7 Å². The van der Waals surface area contributed by atoms with Crippen molar-refractivity contribution >= 4 is 33.4 Å². The predicted octanol–water partition coefficient (Wildman–Crippen LogP) is 3.05. The molecule has 0 spiro atoms. The summed E-state index contributed by atoms with van der Waals surface area (Å²) in [5, 5.41) is 14.0. The summed E-state index contributed by atoms with van der Waals surface area (Å²) in [5.41, 5.74) is 2.23. The number of phenolic OH excluding ortho intramolecular Hbond substituents is 1. The minimum absolute atomic E-state index is 0.149. The number of benzene rings is 2. The molecule has 0 aliphatic heterocycles. The summed E-state index contributed by atoms with van der Waals surface area (Å²) in [7, 11) is 0. The molecule has 0 atom stereocenters. The van der Waals surface area contributed by atoms with Crippen molar-refractivity contribution in [3.8, 4) is 5.75 Å². The van der Waals surface area contributed by atoms with Crippen molar-refractivity contribution in [3.63, 3.8) is 0 Å². The highest BCUT2D eigenvalue weighted by Crippen LogP contribution is 2.32. The molecule has 4 nitrogen and oxygen atoms in total. The quantitative estimate of drug-likeness (QED) is 0.654. The van der Waals surface area contributed by atoms with Gasteiger partial charge in [-0.1, -0.05) is 18.2 Å². The average Bonchev–Trinajstić information content (AvgIpc) is 2.39. The van der Waals surface area contributed by atoms with Gasteiger partial charge in [0.1, 0.15) is 5.75 Å². The lowest BCUT2D eigenvalue weighted by Crippen LogP contribution is -2.07. The zero-order chi connectivity index (χ0) is 13.4. The molecule has 3 rings (SSSR count). The molecule has 2 aromatic carbocycles. The summed E-state index contributed by atoms with van der Waals surface area (Å²) < 4.78 is 0. The largest absolute Gasteiger partial charge is 0.508 e. The number of fused-ring (bicyclic) bond motifs is 2. The third kappa shape index (κ3) is 1.97. The lowest BCUT2D eigenvalue weighted by atomic mass is 10.1. The maximum Gasteiger partial charge on any atom is 0.221 e. The second-order valence-electron chi connectivity index (χ2n) is 4.39. The topological polar surface area (TPSA) is 62.2 Å². The van der Waals surface area contributed by atoms with Crippen molar-refractivity contribution in [2.24, 2.45) is 0 Å². The number of aromatic hydroxyl groups is 1. The molecule has 0 saturated heterocycles. The molecular weight excluding hydrogens is 240 g/mol. The number of para-hydroxylation sites is 1. The Morgan fingerprint density at radius 2 is 1.84 bits per heavy atom. The van der Waals surface area contributed by atoms with E-state index in [2.05, 4.69) is 10.3 Å². The monoisotopic (exact) mass is 252 g/mol. The minimum atomic E-state index is -0.152. The van der Waals surface area contributed by atoms with Gasteiger partial charge in [0, 0.05) is 17.7 Å².